The fourth-order valence-corrected chi connectivity index (χ4v) is 4.00. The van der Waals surface area contributed by atoms with Gasteiger partial charge in [0.1, 0.15) is 22.8 Å². The molecule has 3 aromatic rings. The second-order valence-electron chi connectivity index (χ2n) is 6.41. The molecule has 6 nitrogen and oxygen atoms in total. The summed E-state index contributed by atoms with van der Waals surface area (Å²) in [6.07, 6.45) is 1.06. The number of amides is 1. The van der Waals surface area contributed by atoms with Gasteiger partial charge in [-0.25, -0.2) is 4.39 Å². The number of nitrogens with one attached hydrogen (secondary N) is 1. The summed E-state index contributed by atoms with van der Waals surface area (Å²) in [5, 5.41) is 10.1. The molecule has 1 unspecified atom stereocenters. The number of phenols is 1. The maximum Gasteiger partial charge on any atom is 0.328 e. The van der Waals surface area contributed by atoms with Crippen molar-refractivity contribution in [1.82, 2.24) is 4.72 Å². The Morgan fingerprint density at radius 1 is 1.33 bits per heavy atom. The number of furan rings is 1. The number of fused-ring (bicyclic) bond motifs is 1. The predicted octanol–water partition coefficient (Wildman–Crippen LogP) is 3.25. The lowest BCUT2D eigenvalue weighted by atomic mass is 10.1. The Kier molecular flexibility index (Phi) is 4.45. The number of phenolic OH excluding ortho intramolecular Hbond substituents is 1. The van der Waals surface area contributed by atoms with Crippen LogP contribution >= 0.6 is 0 Å². The van der Waals surface area contributed by atoms with Crippen LogP contribution in [0, 0.1) is 12.7 Å². The van der Waals surface area contributed by atoms with Crippen LogP contribution in [0.5, 0.6) is 5.75 Å². The van der Waals surface area contributed by atoms with Crippen LogP contribution in [0.25, 0.3) is 11.0 Å². The average molecular weight is 388 g/mol. The highest BCUT2D eigenvalue weighted by Crippen LogP contribution is 2.31. The summed E-state index contributed by atoms with van der Waals surface area (Å²) in [6, 6.07) is 9.08. The van der Waals surface area contributed by atoms with Crippen molar-refractivity contribution < 1.29 is 23.3 Å². The molecule has 0 bridgehead atoms. The van der Waals surface area contributed by atoms with E-state index in [1.165, 1.54) is 18.2 Å². The number of hydrogen-bond donors (Lipinski definition) is 2. The number of benzene rings is 2. The van der Waals surface area contributed by atoms with E-state index in [4.69, 9.17) is 4.42 Å². The normalized spacial score (nSPS) is 14.9. The Hall–Kier alpha value is -2.71. The van der Waals surface area contributed by atoms with Crippen molar-refractivity contribution in [2.24, 2.45) is 0 Å². The molecule has 1 aliphatic heterocycles. The molecule has 0 radical (unpaired) electrons. The zero-order chi connectivity index (χ0) is 19.1. The molecule has 2 aromatic carbocycles. The van der Waals surface area contributed by atoms with E-state index >= 15 is 0 Å². The number of nitrogens with zero attached hydrogens (tertiary/aromatic N) is 1. The molecule has 0 aliphatic carbocycles. The van der Waals surface area contributed by atoms with Crippen LogP contribution in [0.3, 0.4) is 0 Å². The molecule has 1 aliphatic rings. The van der Waals surface area contributed by atoms with Crippen molar-refractivity contribution in [3.63, 3.8) is 0 Å². The molecule has 1 atom stereocenters. The first kappa shape index (κ1) is 17.7. The van der Waals surface area contributed by atoms with Gasteiger partial charge in [-0.05, 0) is 25.5 Å². The third kappa shape index (κ3) is 3.22. The zero-order valence-corrected chi connectivity index (χ0v) is 15.3. The summed E-state index contributed by atoms with van der Waals surface area (Å²) < 4.78 is 34.6. The van der Waals surface area contributed by atoms with Gasteiger partial charge >= 0.3 is 5.91 Å². The van der Waals surface area contributed by atoms with Gasteiger partial charge in [-0.1, -0.05) is 12.1 Å². The molecule has 140 valence electrons. The highest BCUT2D eigenvalue weighted by atomic mass is 32.2. The maximum absolute atomic E-state index is 14.4. The summed E-state index contributed by atoms with van der Waals surface area (Å²) in [4.78, 5) is 14.5. The summed E-state index contributed by atoms with van der Waals surface area (Å²) >= 11 is -1.98. The first-order valence-electron chi connectivity index (χ1n) is 8.43. The Morgan fingerprint density at radius 3 is 2.78 bits per heavy atom. The quantitative estimate of drug-likeness (QED) is 0.670. The van der Waals surface area contributed by atoms with E-state index in [0.29, 0.717) is 11.3 Å². The fraction of sp³-hybridized carbons (Fsp3) is 0.211. The van der Waals surface area contributed by atoms with Crippen molar-refractivity contribution in [1.29, 1.82) is 0 Å². The molecule has 1 saturated heterocycles. The van der Waals surface area contributed by atoms with Gasteiger partial charge in [0.25, 0.3) is 0 Å². The Morgan fingerprint density at radius 2 is 2.11 bits per heavy atom. The first-order chi connectivity index (χ1) is 12.9. The average Bonchev–Trinajstić information content (AvgIpc) is 2.98. The minimum Gasteiger partial charge on any atom is -0.588 e. The number of anilines is 1. The number of carbonyl (C=O) groups is 1. The standard InChI is InChI=1S/C19H17FN2O4S/c1-11-4-2-5-15(23)18(11)27(25)21-19(24)17-10-13-14(20)8-12(9-16(13)26-17)22-6-3-7-22/h2,4-5,8-10,23H,3,6-7H2,1H3,(H,21,24). The molecule has 2 N–H and O–H groups in total. The van der Waals surface area contributed by atoms with Crippen molar-refractivity contribution in [3.8, 4) is 5.75 Å². The molecule has 1 amide bonds. The zero-order valence-electron chi connectivity index (χ0n) is 14.5. The number of aromatic hydroxyl groups is 1. The second kappa shape index (κ2) is 6.79. The van der Waals surface area contributed by atoms with E-state index in [9.17, 15) is 18.8 Å². The lowest BCUT2D eigenvalue weighted by Gasteiger charge is -2.33. The molecule has 4 rings (SSSR count). The van der Waals surface area contributed by atoms with Gasteiger partial charge in [0.15, 0.2) is 11.5 Å². The van der Waals surface area contributed by atoms with E-state index < -0.39 is 23.1 Å². The highest BCUT2D eigenvalue weighted by Gasteiger charge is 2.26. The van der Waals surface area contributed by atoms with Crippen LogP contribution in [0.1, 0.15) is 22.5 Å². The van der Waals surface area contributed by atoms with Gasteiger partial charge < -0.3 is 19.0 Å². The van der Waals surface area contributed by atoms with E-state index in [1.54, 1.807) is 25.1 Å². The van der Waals surface area contributed by atoms with E-state index in [-0.39, 0.29) is 27.4 Å². The van der Waals surface area contributed by atoms with Crippen LogP contribution < -0.4 is 9.62 Å². The van der Waals surface area contributed by atoms with Crippen LogP contribution in [0.15, 0.2) is 45.7 Å². The van der Waals surface area contributed by atoms with Crippen molar-refractivity contribution >= 4 is 33.9 Å². The van der Waals surface area contributed by atoms with Gasteiger partial charge in [0.05, 0.1) is 5.39 Å². The van der Waals surface area contributed by atoms with E-state index in [1.807, 2.05) is 4.90 Å². The largest absolute Gasteiger partial charge is 0.588 e. The number of hydrogen-bond acceptors (Lipinski definition) is 5. The summed E-state index contributed by atoms with van der Waals surface area (Å²) in [7, 11) is 0. The Balaban J connectivity index is 1.60. The monoisotopic (exact) mass is 388 g/mol. The molecular formula is C19H17FN2O4S. The second-order valence-corrected chi connectivity index (χ2v) is 7.56. The number of aryl methyl sites for hydroxylation is 1. The fourth-order valence-electron chi connectivity index (χ4n) is 3.02. The van der Waals surface area contributed by atoms with Gasteiger partial charge in [-0.2, -0.15) is 4.72 Å². The SMILES string of the molecule is Cc1cccc(O)c1[S+]([O-])NC(=O)c1cc2c(F)cc(N3CCC3)cc2o1. The molecular weight excluding hydrogens is 371 g/mol. The highest BCUT2D eigenvalue weighted by molar-refractivity contribution is 7.90. The molecule has 0 saturated carbocycles. The van der Waals surface area contributed by atoms with Gasteiger partial charge in [0, 0.05) is 36.5 Å². The smallest absolute Gasteiger partial charge is 0.328 e. The van der Waals surface area contributed by atoms with Crippen LogP contribution in [-0.4, -0.2) is 28.7 Å². The van der Waals surface area contributed by atoms with Crippen molar-refractivity contribution in [3.05, 3.63) is 53.5 Å². The topological polar surface area (TPSA) is 88.8 Å². The van der Waals surface area contributed by atoms with Crippen molar-refractivity contribution in [2.45, 2.75) is 18.2 Å². The third-order valence-electron chi connectivity index (χ3n) is 4.58. The molecule has 27 heavy (non-hydrogen) atoms. The van der Waals surface area contributed by atoms with Crippen molar-refractivity contribution in [2.75, 3.05) is 18.0 Å². The molecule has 1 fully saturated rings. The molecule has 2 heterocycles. The minimum absolute atomic E-state index is 0.119. The van der Waals surface area contributed by atoms with Crippen LogP contribution in [0.2, 0.25) is 0 Å². The maximum atomic E-state index is 14.4. The predicted molar refractivity (Wildman–Crippen MR) is 99.7 cm³/mol. The molecule has 1 aromatic heterocycles. The van der Waals surface area contributed by atoms with Gasteiger partial charge in [0.2, 0.25) is 4.90 Å². The molecule has 0 spiro atoms. The minimum atomic E-state index is -1.98. The summed E-state index contributed by atoms with van der Waals surface area (Å²) in [5.41, 5.74) is 1.54. The Bertz CT molecular complexity index is 1010. The van der Waals surface area contributed by atoms with E-state index in [2.05, 4.69) is 4.72 Å². The van der Waals surface area contributed by atoms with Gasteiger partial charge in [-0.15, -0.1) is 0 Å². The van der Waals surface area contributed by atoms with Crippen LogP contribution in [0.4, 0.5) is 10.1 Å². The first-order valence-corrected chi connectivity index (χ1v) is 9.58. The van der Waals surface area contributed by atoms with Gasteiger partial charge in [-0.3, -0.25) is 4.79 Å². The third-order valence-corrected chi connectivity index (χ3v) is 5.85. The number of halogens is 1. The summed E-state index contributed by atoms with van der Waals surface area (Å²) in [5.74, 6) is -1.55. The number of rotatable bonds is 4. The van der Waals surface area contributed by atoms with E-state index in [0.717, 1.165) is 19.5 Å². The summed E-state index contributed by atoms with van der Waals surface area (Å²) in [6.45, 7) is 3.39. The molecule has 8 heteroatoms. The van der Waals surface area contributed by atoms with Crippen LogP contribution in [-0.2, 0) is 11.4 Å². The lowest BCUT2D eigenvalue weighted by Crippen LogP contribution is -2.36. The lowest BCUT2D eigenvalue weighted by molar-refractivity contribution is 0.0956. The Labute approximate surface area is 157 Å². The number of carbonyl (C=O) groups excluding carboxylic acids is 1.